The smallest absolute Gasteiger partial charge is 0.334 e. The van der Waals surface area contributed by atoms with Crippen LogP contribution in [0.2, 0.25) is 0 Å². The highest BCUT2D eigenvalue weighted by Crippen LogP contribution is 2.43. The summed E-state index contributed by atoms with van der Waals surface area (Å²) in [5, 5.41) is 22.6. The van der Waals surface area contributed by atoms with Crippen LogP contribution in [0, 0.1) is 10.1 Å². The molecule has 0 fully saturated rings. The van der Waals surface area contributed by atoms with Gasteiger partial charge in [0.1, 0.15) is 6.04 Å². The largest absolute Gasteiger partial charge is 0.480 e. The first-order chi connectivity index (χ1) is 15.2. The van der Waals surface area contributed by atoms with Gasteiger partial charge < -0.3 is 20.3 Å². The molecular formula is C20H18N4O8. The molecule has 2 aromatic carbocycles. The molecule has 2 aliphatic rings. The van der Waals surface area contributed by atoms with Gasteiger partial charge in [0.25, 0.3) is 5.69 Å². The van der Waals surface area contributed by atoms with Crippen molar-refractivity contribution in [2.75, 3.05) is 6.79 Å². The lowest BCUT2D eigenvalue weighted by Gasteiger charge is -2.39. The van der Waals surface area contributed by atoms with Gasteiger partial charge in [-0.3, -0.25) is 14.9 Å². The van der Waals surface area contributed by atoms with Gasteiger partial charge in [-0.1, -0.05) is 0 Å². The number of benzene rings is 2. The van der Waals surface area contributed by atoms with Crippen LogP contribution in [0.15, 0.2) is 36.4 Å². The van der Waals surface area contributed by atoms with Gasteiger partial charge in [-0.25, -0.2) is 19.6 Å². The third-order valence-corrected chi connectivity index (χ3v) is 5.37. The van der Waals surface area contributed by atoms with Gasteiger partial charge in [-0.05, 0) is 41.0 Å². The first kappa shape index (κ1) is 20.9. The molecule has 2 unspecified atom stereocenters. The third-order valence-electron chi connectivity index (χ3n) is 5.37. The SMILES string of the molecule is CC(=O)N1C(C(=O)O)Cc2cc3c(cc2C(c2ccc([N+](=O)[O-])cc2)N1C(N)=O)OCO3. The molecule has 0 spiro atoms. The second kappa shape index (κ2) is 7.72. The highest BCUT2D eigenvalue weighted by Gasteiger charge is 2.44. The summed E-state index contributed by atoms with van der Waals surface area (Å²) in [5.74, 6) is -1.27. The van der Waals surface area contributed by atoms with Crippen molar-refractivity contribution in [3.05, 3.63) is 63.2 Å². The molecule has 0 radical (unpaired) electrons. The van der Waals surface area contributed by atoms with Crippen molar-refractivity contribution in [2.24, 2.45) is 5.73 Å². The molecular weight excluding hydrogens is 424 g/mol. The standard InChI is InChI=1S/C20H18N4O8/c1-10(25)22-15(19(26)27)6-12-7-16-17(32-9-31-16)8-14(12)18(23(22)20(21)28)11-2-4-13(5-3-11)24(29)30/h2-5,7-8,15,18H,6,9H2,1H3,(H2,21,28)(H,26,27). The number of nitrogens with zero attached hydrogens (tertiary/aromatic N) is 3. The molecule has 2 atom stereocenters. The maximum absolute atomic E-state index is 12.6. The van der Waals surface area contributed by atoms with E-state index in [0.29, 0.717) is 28.2 Å². The number of nitrogens with two attached hydrogens (primary N) is 1. The summed E-state index contributed by atoms with van der Waals surface area (Å²) in [5.41, 5.74) is 6.80. The topological polar surface area (TPSA) is 166 Å². The van der Waals surface area contributed by atoms with E-state index in [0.717, 1.165) is 16.9 Å². The van der Waals surface area contributed by atoms with E-state index in [1.54, 1.807) is 12.1 Å². The van der Waals surface area contributed by atoms with E-state index in [4.69, 9.17) is 15.2 Å². The Morgan fingerprint density at radius 3 is 2.28 bits per heavy atom. The van der Waals surface area contributed by atoms with Crippen LogP contribution in [0.4, 0.5) is 10.5 Å². The van der Waals surface area contributed by atoms with E-state index in [1.807, 2.05) is 0 Å². The van der Waals surface area contributed by atoms with Gasteiger partial charge in [0.15, 0.2) is 17.5 Å². The predicted molar refractivity (Wildman–Crippen MR) is 107 cm³/mol. The number of carbonyl (C=O) groups excluding carboxylic acids is 2. The molecule has 2 aliphatic heterocycles. The molecule has 0 saturated heterocycles. The molecule has 3 amide bonds. The maximum Gasteiger partial charge on any atom is 0.334 e. The number of urea groups is 1. The number of rotatable bonds is 3. The zero-order valence-electron chi connectivity index (χ0n) is 16.8. The lowest BCUT2D eigenvalue weighted by atomic mass is 9.91. The van der Waals surface area contributed by atoms with Crippen LogP contribution < -0.4 is 15.2 Å². The van der Waals surface area contributed by atoms with Crippen LogP contribution in [-0.4, -0.2) is 50.8 Å². The lowest BCUT2D eigenvalue weighted by Crippen LogP contribution is -2.58. The fourth-order valence-corrected chi connectivity index (χ4v) is 4.03. The monoisotopic (exact) mass is 442 g/mol. The fourth-order valence-electron chi connectivity index (χ4n) is 4.03. The summed E-state index contributed by atoms with van der Waals surface area (Å²) in [4.78, 5) is 47.7. The molecule has 12 nitrogen and oxygen atoms in total. The number of amides is 3. The van der Waals surface area contributed by atoms with Gasteiger partial charge in [-0.15, -0.1) is 0 Å². The zero-order chi connectivity index (χ0) is 23.2. The number of hydrogen-bond acceptors (Lipinski definition) is 7. The Bertz CT molecular complexity index is 1130. The predicted octanol–water partition coefficient (Wildman–Crippen LogP) is 1.57. The quantitative estimate of drug-likeness (QED) is 0.534. The van der Waals surface area contributed by atoms with Gasteiger partial charge in [0.2, 0.25) is 12.7 Å². The van der Waals surface area contributed by atoms with Crippen molar-refractivity contribution in [3.8, 4) is 11.5 Å². The fraction of sp³-hybridized carbons (Fsp3) is 0.250. The number of ether oxygens (including phenoxy) is 2. The van der Waals surface area contributed by atoms with Crippen molar-refractivity contribution < 1.29 is 33.9 Å². The van der Waals surface area contributed by atoms with E-state index in [-0.39, 0.29) is 18.9 Å². The summed E-state index contributed by atoms with van der Waals surface area (Å²) in [6, 6.07) is 5.00. The minimum absolute atomic E-state index is 0.0259. The van der Waals surface area contributed by atoms with Gasteiger partial charge >= 0.3 is 12.0 Å². The van der Waals surface area contributed by atoms with Crippen LogP contribution in [0.25, 0.3) is 0 Å². The number of primary amides is 1. The van der Waals surface area contributed by atoms with E-state index < -0.39 is 34.9 Å². The Morgan fingerprint density at radius 1 is 1.12 bits per heavy atom. The molecule has 4 rings (SSSR count). The third kappa shape index (κ3) is 3.41. The molecule has 166 valence electrons. The first-order valence-corrected chi connectivity index (χ1v) is 9.47. The van der Waals surface area contributed by atoms with E-state index in [2.05, 4.69) is 0 Å². The number of aliphatic carboxylic acids is 1. The first-order valence-electron chi connectivity index (χ1n) is 9.47. The number of fused-ring (bicyclic) bond motifs is 2. The van der Waals surface area contributed by atoms with Crippen molar-refractivity contribution in [3.63, 3.8) is 0 Å². The van der Waals surface area contributed by atoms with Crippen LogP contribution in [0.5, 0.6) is 11.5 Å². The lowest BCUT2D eigenvalue weighted by molar-refractivity contribution is -0.384. The Kier molecular flexibility index (Phi) is 5.04. The number of carbonyl (C=O) groups is 3. The Balaban J connectivity index is 1.98. The Hall–Kier alpha value is -4.35. The number of nitro benzene ring substituents is 1. The minimum Gasteiger partial charge on any atom is -0.480 e. The van der Waals surface area contributed by atoms with E-state index in [1.165, 1.54) is 24.3 Å². The number of carboxylic acid groups (broad SMARTS) is 1. The van der Waals surface area contributed by atoms with Crippen molar-refractivity contribution in [2.45, 2.75) is 25.4 Å². The average molecular weight is 442 g/mol. The van der Waals surface area contributed by atoms with Crippen molar-refractivity contribution >= 4 is 23.6 Å². The highest BCUT2D eigenvalue weighted by atomic mass is 16.7. The molecule has 32 heavy (non-hydrogen) atoms. The van der Waals surface area contributed by atoms with E-state index >= 15 is 0 Å². The van der Waals surface area contributed by atoms with Crippen LogP contribution >= 0.6 is 0 Å². The van der Waals surface area contributed by atoms with Crippen molar-refractivity contribution in [1.29, 1.82) is 0 Å². The molecule has 0 aliphatic carbocycles. The molecule has 2 aromatic rings. The number of hydrazine groups is 1. The molecule has 2 heterocycles. The normalized spacial score (nSPS) is 19.2. The summed E-state index contributed by atoms with van der Waals surface area (Å²) in [6.07, 6.45) is -0.131. The number of nitro groups is 1. The van der Waals surface area contributed by atoms with Crippen LogP contribution in [-0.2, 0) is 16.0 Å². The minimum atomic E-state index is -1.43. The second-order valence-corrected chi connectivity index (χ2v) is 7.26. The summed E-state index contributed by atoms with van der Waals surface area (Å²) in [7, 11) is 0. The van der Waals surface area contributed by atoms with E-state index in [9.17, 15) is 29.6 Å². The summed E-state index contributed by atoms with van der Waals surface area (Å²) < 4.78 is 10.8. The molecule has 0 bridgehead atoms. The number of non-ortho nitro benzene ring substituents is 1. The maximum atomic E-state index is 12.6. The van der Waals surface area contributed by atoms with Gasteiger partial charge in [0, 0.05) is 25.5 Å². The highest BCUT2D eigenvalue weighted by molar-refractivity contribution is 5.86. The Morgan fingerprint density at radius 2 is 1.75 bits per heavy atom. The molecule has 3 N–H and O–H groups in total. The number of carboxylic acids is 1. The Labute approximate surface area is 180 Å². The molecule has 0 saturated carbocycles. The summed E-state index contributed by atoms with van der Waals surface area (Å²) >= 11 is 0. The zero-order valence-corrected chi connectivity index (χ0v) is 16.8. The summed E-state index contributed by atoms with van der Waals surface area (Å²) in [6.45, 7) is 1.10. The molecule has 0 aromatic heterocycles. The van der Waals surface area contributed by atoms with Crippen LogP contribution in [0.3, 0.4) is 0 Å². The van der Waals surface area contributed by atoms with Crippen LogP contribution in [0.1, 0.15) is 29.7 Å². The number of hydrogen-bond donors (Lipinski definition) is 2. The average Bonchev–Trinajstić information content (AvgIpc) is 3.12. The van der Waals surface area contributed by atoms with Gasteiger partial charge in [0.05, 0.1) is 4.92 Å². The molecule has 12 heteroatoms. The van der Waals surface area contributed by atoms with Crippen molar-refractivity contribution in [1.82, 2.24) is 10.0 Å². The van der Waals surface area contributed by atoms with Gasteiger partial charge in [-0.2, -0.15) is 0 Å². The second-order valence-electron chi connectivity index (χ2n) is 7.26.